The summed E-state index contributed by atoms with van der Waals surface area (Å²) in [4.78, 5) is 6.41. The summed E-state index contributed by atoms with van der Waals surface area (Å²) in [5, 5.41) is 12.3. The quantitative estimate of drug-likeness (QED) is 0.727. The molecule has 2 N–H and O–H groups in total. The molecule has 0 aliphatic heterocycles. The molecule has 17 heavy (non-hydrogen) atoms. The number of nitrogens with zero attached hydrogens (tertiary/aromatic N) is 2. The van der Waals surface area contributed by atoms with Crippen LogP contribution in [0.15, 0.2) is 18.5 Å². The topological polar surface area (TPSA) is 48.4 Å². The van der Waals surface area contributed by atoms with Crippen LogP contribution in [0, 0.1) is 0 Å². The zero-order chi connectivity index (χ0) is 12.5. The van der Waals surface area contributed by atoms with Gasteiger partial charge in [0.15, 0.2) is 0 Å². The van der Waals surface area contributed by atoms with Gasteiger partial charge in [0.1, 0.15) is 0 Å². The predicted octanol–water partition coefficient (Wildman–Crippen LogP) is 2.11. The largest absolute Gasteiger partial charge is 0.395 e. The van der Waals surface area contributed by atoms with Crippen molar-refractivity contribution >= 4 is 11.4 Å². The highest BCUT2D eigenvalue weighted by atomic mass is 16.3. The molecule has 0 aromatic carbocycles. The van der Waals surface area contributed by atoms with Gasteiger partial charge < -0.3 is 15.3 Å². The normalized spacial score (nSPS) is 10.3. The number of hydrogen-bond acceptors (Lipinski definition) is 4. The minimum absolute atomic E-state index is 0.176. The maximum Gasteiger partial charge on any atom is 0.0606 e. The van der Waals surface area contributed by atoms with E-state index in [0.717, 1.165) is 37.3 Å². The molecular formula is C13H23N3O. The van der Waals surface area contributed by atoms with Gasteiger partial charge in [-0.3, -0.25) is 4.98 Å². The highest BCUT2D eigenvalue weighted by molar-refractivity contribution is 5.55. The van der Waals surface area contributed by atoms with Gasteiger partial charge in [-0.1, -0.05) is 13.3 Å². The fourth-order valence-electron chi connectivity index (χ4n) is 1.74. The lowest BCUT2D eigenvalue weighted by Gasteiger charge is -2.23. The summed E-state index contributed by atoms with van der Waals surface area (Å²) in [5.41, 5.74) is 2.11. The first-order valence-corrected chi connectivity index (χ1v) is 6.36. The molecule has 0 spiro atoms. The van der Waals surface area contributed by atoms with Crippen LogP contribution in [0.4, 0.5) is 11.4 Å². The van der Waals surface area contributed by atoms with Gasteiger partial charge in [-0.05, 0) is 19.4 Å². The number of aliphatic hydroxyl groups excluding tert-OH is 1. The number of nitrogens with one attached hydrogen (secondary N) is 1. The lowest BCUT2D eigenvalue weighted by Crippen LogP contribution is -2.27. The Morgan fingerprint density at radius 3 is 2.76 bits per heavy atom. The zero-order valence-electron chi connectivity index (χ0n) is 10.8. The second kappa shape index (κ2) is 7.90. The number of aliphatic hydroxyl groups is 1. The molecule has 0 saturated heterocycles. The number of aromatic nitrogens is 1. The summed E-state index contributed by atoms with van der Waals surface area (Å²) in [6, 6.07) is 2.09. The first-order chi connectivity index (χ1) is 8.31. The first-order valence-electron chi connectivity index (χ1n) is 6.36. The maximum atomic E-state index is 9.09. The number of hydrogen-bond donors (Lipinski definition) is 2. The van der Waals surface area contributed by atoms with Crippen LogP contribution in [-0.2, 0) is 0 Å². The molecule has 0 saturated carbocycles. The van der Waals surface area contributed by atoms with Crippen LogP contribution < -0.4 is 10.2 Å². The Hall–Kier alpha value is -1.29. The van der Waals surface area contributed by atoms with Crippen LogP contribution >= 0.6 is 0 Å². The highest BCUT2D eigenvalue weighted by Crippen LogP contribution is 2.18. The van der Waals surface area contributed by atoms with Gasteiger partial charge in [-0.2, -0.15) is 0 Å². The third-order valence-corrected chi connectivity index (χ3v) is 2.62. The predicted molar refractivity (Wildman–Crippen MR) is 72.6 cm³/mol. The Bertz CT molecular complexity index is 317. The Morgan fingerprint density at radius 1 is 1.29 bits per heavy atom. The maximum absolute atomic E-state index is 9.09. The van der Waals surface area contributed by atoms with E-state index in [2.05, 4.69) is 35.1 Å². The second-order valence-corrected chi connectivity index (χ2v) is 4.03. The molecule has 0 aliphatic carbocycles. The van der Waals surface area contributed by atoms with Gasteiger partial charge in [0.25, 0.3) is 0 Å². The van der Waals surface area contributed by atoms with Crippen molar-refractivity contribution < 1.29 is 5.11 Å². The molecule has 0 unspecified atom stereocenters. The van der Waals surface area contributed by atoms with Crippen molar-refractivity contribution in [2.45, 2.75) is 26.7 Å². The average molecular weight is 237 g/mol. The summed E-state index contributed by atoms with van der Waals surface area (Å²) < 4.78 is 0. The molecule has 4 heteroatoms. The summed E-state index contributed by atoms with van der Waals surface area (Å²) >= 11 is 0. The van der Waals surface area contributed by atoms with E-state index in [4.69, 9.17) is 5.11 Å². The fourth-order valence-corrected chi connectivity index (χ4v) is 1.74. The summed E-state index contributed by atoms with van der Waals surface area (Å²) in [6.07, 6.45) is 5.96. The second-order valence-electron chi connectivity index (χ2n) is 4.03. The smallest absolute Gasteiger partial charge is 0.0606 e. The lowest BCUT2D eigenvalue weighted by molar-refractivity contribution is 0.301. The van der Waals surface area contributed by atoms with Crippen molar-refractivity contribution in [3.05, 3.63) is 18.5 Å². The van der Waals surface area contributed by atoms with Crippen molar-refractivity contribution in [1.29, 1.82) is 0 Å². The van der Waals surface area contributed by atoms with E-state index < -0.39 is 0 Å². The molecule has 0 radical (unpaired) electrons. The van der Waals surface area contributed by atoms with E-state index >= 15 is 0 Å². The van der Waals surface area contributed by atoms with Gasteiger partial charge in [-0.25, -0.2) is 0 Å². The third-order valence-electron chi connectivity index (χ3n) is 2.62. The standard InChI is InChI=1S/C13H23N3O/c1-3-5-6-16(7-8-17)13-9-12(15-4-2)10-14-11-13/h9-11,15,17H,3-8H2,1-2H3. The third kappa shape index (κ3) is 4.61. The monoisotopic (exact) mass is 237 g/mol. The molecule has 0 fully saturated rings. The molecule has 96 valence electrons. The van der Waals surface area contributed by atoms with Gasteiger partial charge in [0, 0.05) is 19.6 Å². The molecular weight excluding hydrogens is 214 g/mol. The first kappa shape index (κ1) is 13.8. The number of anilines is 2. The Labute approximate surface area is 104 Å². The number of unbranched alkanes of at least 4 members (excludes halogenated alkanes) is 1. The summed E-state index contributed by atoms with van der Waals surface area (Å²) in [6.45, 7) is 6.93. The summed E-state index contributed by atoms with van der Waals surface area (Å²) in [5.74, 6) is 0. The molecule has 0 bridgehead atoms. The molecule has 4 nitrogen and oxygen atoms in total. The van der Waals surface area contributed by atoms with Crippen LogP contribution in [0.25, 0.3) is 0 Å². The average Bonchev–Trinajstić information content (AvgIpc) is 2.35. The molecule has 1 heterocycles. The lowest BCUT2D eigenvalue weighted by atomic mass is 10.2. The minimum Gasteiger partial charge on any atom is -0.395 e. The van der Waals surface area contributed by atoms with E-state index in [-0.39, 0.29) is 6.61 Å². The van der Waals surface area contributed by atoms with Gasteiger partial charge >= 0.3 is 0 Å². The number of pyridine rings is 1. The Kier molecular flexibility index (Phi) is 6.40. The molecule has 0 aliphatic rings. The van der Waals surface area contributed by atoms with Crippen molar-refractivity contribution in [3.63, 3.8) is 0 Å². The highest BCUT2D eigenvalue weighted by Gasteiger charge is 2.06. The van der Waals surface area contributed by atoms with Crippen LogP contribution in [0.2, 0.25) is 0 Å². The van der Waals surface area contributed by atoms with E-state index in [1.165, 1.54) is 0 Å². The number of rotatable bonds is 8. The zero-order valence-corrected chi connectivity index (χ0v) is 10.8. The molecule has 1 aromatic heterocycles. The van der Waals surface area contributed by atoms with Crippen molar-refractivity contribution in [3.8, 4) is 0 Å². The SMILES string of the molecule is CCCCN(CCO)c1cncc(NCC)c1. The Balaban J connectivity index is 2.73. The molecule has 0 atom stereocenters. The molecule has 1 rings (SSSR count). The molecule has 1 aromatic rings. The van der Waals surface area contributed by atoms with E-state index in [1.807, 2.05) is 12.4 Å². The van der Waals surface area contributed by atoms with Gasteiger partial charge in [0.05, 0.1) is 30.4 Å². The van der Waals surface area contributed by atoms with Crippen LogP contribution in [0.5, 0.6) is 0 Å². The fraction of sp³-hybridized carbons (Fsp3) is 0.615. The molecule has 0 amide bonds. The minimum atomic E-state index is 0.176. The van der Waals surface area contributed by atoms with Crippen LogP contribution in [0.1, 0.15) is 26.7 Å². The Morgan fingerprint density at radius 2 is 2.12 bits per heavy atom. The van der Waals surface area contributed by atoms with Crippen LogP contribution in [-0.4, -0.2) is 36.3 Å². The van der Waals surface area contributed by atoms with Gasteiger partial charge in [0.2, 0.25) is 0 Å². The van der Waals surface area contributed by atoms with E-state index in [9.17, 15) is 0 Å². The van der Waals surface area contributed by atoms with Crippen molar-refractivity contribution in [1.82, 2.24) is 4.98 Å². The van der Waals surface area contributed by atoms with Crippen molar-refractivity contribution in [2.75, 3.05) is 36.5 Å². The van der Waals surface area contributed by atoms with E-state index in [0.29, 0.717) is 6.54 Å². The van der Waals surface area contributed by atoms with Gasteiger partial charge in [-0.15, -0.1) is 0 Å². The van der Waals surface area contributed by atoms with E-state index in [1.54, 1.807) is 0 Å². The summed E-state index contributed by atoms with van der Waals surface area (Å²) in [7, 11) is 0. The van der Waals surface area contributed by atoms with Crippen molar-refractivity contribution in [2.24, 2.45) is 0 Å². The van der Waals surface area contributed by atoms with Crippen LogP contribution in [0.3, 0.4) is 0 Å².